The van der Waals surface area contributed by atoms with E-state index in [4.69, 9.17) is 4.74 Å². The number of anilines is 1. The number of hydrogen-bond donors (Lipinski definition) is 1. The second-order valence-electron chi connectivity index (χ2n) is 4.37. The minimum absolute atomic E-state index is 0.0233. The summed E-state index contributed by atoms with van der Waals surface area (Å²) >= 11 is 2.97. The second-order valence-corrected chi connectivity index (χ2v) is 5.29. The minimum atomic E-state index is -4.58. The van der Waals surface area contributed by atoms with E-state index in [-0.39, 0.29) is 16.8 Å². The van der Waals surface area contributed by atoms with Crippen molar-refractivity contribution >= 4 is 27.7 Å². The van der Waals surface area contributed by atoms with Crippen molar-refractivity contribution in [2.45, 2.75) is 12.8 Å². The molecule has 2 aromatic rings. The van der Waals surface area contributed by atoms with E-state index in [1.54, 1.807) is 30.3 Å². The Kier molecular flexibility index (Phi) is 5.07. The molecule has 116 valence electrons. The Hall–Kier alpha value is -2.02. The molecule has 0 aromatic heterocycles. The van der Waals surface area contributed by atoms with E-state index in [1.807, 2.05) is 0 Å². The highest BCUT2D eigenvalue weighted by Crippen LogP contribution is 2.36. The fourth-order valence-corrected chi connectivity index (χ4v) is 2.09. The van der Waals surface area contributed by atoms with Gasteiger partial charge in [0, 0.05) is 4.47 Å². The van der Waals surface area contributed by atoms with Gasteiger partial charge in [-0.3, -0.25) is 5.32 Å². The zero-order chi connectivity index (χ0) is 16.2. The van der Waals surface area contributed by atoms with E-state index >= 15 is 0 Å². The highest BCUT2D eigenvalue weighted by Gasteiger charge is 2.34. The molecule has 1 amide bonds. The summed E-state index contributed by atoms with van der Waals surface area (Å²) in [5.41, 5.74) is -0.559. The first-order valence-electron chi connectivity index (χ1n) is 6.21. The average Bonchev–Trinajstić information content (AvgIpc) is 2.47. The number of carbonyl (C=O) groups is 1. The summed E-state index contributed by atoms with van der Waals surface area (Å²) in [5.74, 6) is 0. The molecule has 0 saturated carbocycles. The molecule has 0 heterocycles. The second kappa shape index (κ2) is 6.83. The number of rotatable bonds is 3. The summed E-state index contributed by atoms with van der Waals surface area (Å²) < 4.78 is 43.9. The van der Waals surface area contributed by atoms with Crippen molar-refractivity contribution in [3.8, 4) is 0 Å². The van der Waals surface area contributed by atoms with Crippen LogP contribution in [-0.4, -0.2) is 6.09 Å². The topological polar surface area (TPSA) is 38.3 Å². The Labute approximate surface area is 133 Å². The van der Waals surface area contributed by atoms with Crippen LogP contribution in [0.3, 0.4) is 0 Å². The van der Waals surface area contributed by atoms with Gasteiger partial charge in [-0.1, -0.05) is 46.3 Å². The van der Waals surface area contributed by atoms with Gasteiger partial charge < -0.3 is 4.74 Å². The number of benzene rings is 2. The highest BCUT2D eigenvalue weighted by atomic mass is 79.9. The molecule has 3 nitrogen and oxygen atoms in total. The van der Waals surface area contributed by atoms with Gasteiger partial charge in [0.2, 0.25) is 0 Å². The molecule has 0 atom stereocenters. The number of amides is 1. The van der Waals surface area contributed by atoms with Crippen LogP contribution in [0.25, 0.3) is 0 Å². The Balaban J connectivity index is 2.06. The molecule has 0 fully saturated rings. The van der Waals surface area contributed by atoms with E-state index < -0.39 is 17.8 Å². The first-order chi connectivity index (χ1) is 10.4. The zero-order valence-corrected chi connectivity index (χ0v) is 12.7. The summed E-state index contributed by atoms with van der Waals surface area (Å²) in [5, 5.41) is 2.11. The van der Waals surface area contributed by atoms with Crippen molar-refractivity contribution in [3.05, 3.63) is 64.1 Å². The molecule has 0 saturated heterocycles. The van der Waals surface area contributed by atoms with Gasteiger partial charge in [-0.05, 0) is 23.8 Å². The van der Waals surface area contributed by atoms with Crippen LogP contribution in [0.4, 0.5) is 23.7 Å². The molecule has 0 spiro atoms. The van der Waals surface area contributed by atoms with Gasteiger partial charge in [0.1, 0.15) is 6.61 Å². The van der Waals surface area contributed by atoms with Crippen molar-refractivity contribution in [1.82, 2.24) is 0 Å². The molecule has 0 aliphatic carbocycles. The van der Waals surface area contributed by atoms with Gasteiger partial charge in [-0.25, -0.2) is 4.79 Å². The van der Waals surface area contributed by atoms with Crippen molar-refractivity contribution in [2.75, 3.05) is 5.32 Å². The normalized spacial score (nSPS) is 11.1. The molecular formula is C15H11BrF3NO2. The third kappa shape index (κ3) is 4.49. The van der Waals surface area contributed by atoms with Crippen molar-refractivity contribution in [1.29, 1.82) is 0 Å². The molecule has 0 aliphatic heterocycles. The lowest BCUT2D eigenvalue weighted by Gasteiger charge is -2.14. The summed E-state index contributed by atoms with van der Waals surface area (Å²) in [6.45, 7) is -0.0233. The van der Waals surface area contributed by atoms with Crippen molar-refractivity contribution in [2.24, 2.45) is 0 Å². The van der Waals surface area contributed by atoms with Crippen LogP contribution in [0.15, 0.2) is 53.0 Å². The van der Waals surface area contributed by atoms with Gasteiger partial charge >= 0.3 is 12.3 Å². The van der Waals surface area contributed by atoms with Crippen LogP contribution in [0, 0.1) is 0 Å². The molecule has 7 heteroatoms. The van der Waals surface area contributed by atoms with Crippen LogP contribution in [-0.2, 0) is 17.5 Å². The minimum Gasteiger partial charge on any atom is -0.444 e. The zero-order valence-electron chi connectivity index (χ0n) is 11.2. The van der Waals surface area contributed by atoms with Crippen molar-refractivity contribution in [3.63, 3.8) is 0 Å². The maximum Gasteiger partial charge on any atom is 0.418 e. The first kappa shape index (κ1) is 16.4. The first-order valence-corrected chi connectivity index (χ1v) is 7.00. The quantitative estimate of drug-likeness (QED) is 0.801. The maximum atomic E-state index is 12.9. The van der Waals surface area contributed by atoms with Gasteiger partial charge in [-0.15, -0.1) is 0 Å². The molecule has 0 radical (unpaired) electrons. The van der Waals surface area contributed by atoms with E-state index in [1.165, 1.54) is 6.07 Å². The standard InChI is InChI=1S/C15H11BrF3NO2/c16-11-6-7-13(12(8-11)15(17,18)19)20-14(21)22-9-10-4-2-1-3-5-10/h1-8H,9H2,(H,20,21). The summed E-state index contributed by atoms with van der Waals surface area (Å²) in [6.07, 6.45) is -5.53. The number of nitrogens with one attached hydrogen (secondary N) is 1. The molecule has 2 aromatic carbocycles. The average molecular weight is 374 g/mol. The molecule has 22 heavy (non-hydrogen) atoms. The third-order valence-corrected chi connectivity index (χ3v) is 3.23. The molecule has 1 N–H and O–H groups in total. The fourth-order valence-electron chi connectivity index (χ4n) is 1.73. The van der Waals surface area contributed by atoms with Crippen LogP contribution in [0.2, 0.25) is 0 Å². The predicted molar refractivity (Wildman–Crippen MR) is 79.4 cm³/mol. The van der Waals surface area contributed by atoms with Crippen LogP contribution < -0.4 is 5.32 Å². The lowest BCUT2D eigenvalue weighted by molar-refractivity contribution is -0.137. The van der Waals surface area contributed by atoms with E-state index in [9.17, 15) is 18.0 Å². The van der Waals surface area contributed by atoms with Crippen LogP contribution in [0.5, 0.6) is 0 Å². The van der Waals surface area contributed by atoms with Gasteiger partial charge in [0.15, 0.2) is 0 Å². The number of alkyl halides is 3. The number of ether oxygens (including phenoxy) is 1. The largest absolute Gasteiger partial charge is 0.444 e. The summed E-state index contributed by atoms with van der Waals surface area (Å²) in [4.78, 5) is 11.6. The number of hydrogen-bond acceptors (Lipinski definition) is 2. The van der Waals surface area contributed by atoms with Crippen molar-refractivity contribution < 1.29 is 22.7 Å². The molecule has 0 unspecified atom stereocenters. The molecule has 2 rings (SSSR count). The van der Waals surface area contributed by atoms with Crippen LogP contribution >= 0.6 is 15.9 Å². The Morgan fingerprint density at radius 3 is 2.45 bits per heavy atom. The SMILES string of the molecule is O=C(Nc1ccc(Br)cc1C(F)(F)F)OCc1ccccc1. The number of halogens is 4. The Morgan fingerprint density at radius 1 is 1.14 bits per heavy atom. The van der Waals surface area contributed by atoms with E-state index in [0.29, 0.717) is 0 Å². The lowest BCUT2D eigenvalue weighted by atomic mass is 10.1. The van der Waals surface area contributed by atoms with Gasteiger partial charge in [0.05, 0.1) is 11.3 Å². The van der Waals surface area contributed by atoms with Gasteiger partial charge in [-0.2, -0.15) is 13.2 Å². The molecular weight excluding hydrogens is 363 g/mol. The Bertz CT molecular complexity index is 660. The molecule has 0 aliphatic rings. The lowest BCUT2D eigenvalue weighted by Crippen LogP contribution is -2.17. The Morgan fingerprint density at radius 2 is 1.82 bits per heavy atom. The van der Waals surface area contributed by atoms with Crippen LogP contribution in [0.1, 0.15) is 11.1 Å². The number of carbonyl (C=O) groups excluding carboxylic acids is 1. The monoisotopic (exact) mass is 373 g/mol. The summed E-state index contributed by atoms with van der Waals surface area (Å²) in [6, 6.07) is 12.3. The third-order valence-electron chi connectivity index (χ3n) is 2.74. The van der Waals surface area contributed by atoms with E-state index in [2.05, 4.69) is 21.2 Å². The van der Waals surface area contributed by atoms with Gasteiger partial charge in [0.25, 0.3) is 0 Å². The van der Waals surface area contributed by atoms with E-state index in [0.717, 1.165) is 17.7 Å². The summed E-state index contributed by atoms with van der Waals surface area (Å²) in [7, 11) is 0. The smallest absolute Gasteiger partial charge is 0.418 e. The predicted octanol–water partition coefficient (Wildman–Crippen LogP) is 5.22. The highest BCUT2D eigenvalue weighted by molar-refractivity contribution is 9.10. The maximum absolute atomic E-state index is 12.9. The molecule has 0 bridgehead atoms. The fraction of sp³-hybridized carbons (Fsp3) is 0.133.